The zero-order valence-electron chi connectivity index (χ0n) is 35.4. The molecule has 14 heteroatoms. The molecule has 7 atom stereocenters. The third-order valence-corrected chi connectivity index (χ3v) is 14.2. The Morgan fingerprint density at radius 1 is 0.932 bits per heavy atom. The third-order valence-electron chi connectivity index (χ3n) is 12.8. The van der Waals surface area contributed by atoms with E-state index in [1.807, 2.05) is 24.8 Å². The van der Waals surface area contributed by atoms with E-state index in [0.29, 0.717) is 58.1 Å². The minimum Gasteiger partial charge on any atom is -0.504 e. The maximum absolute atomic E-state index is 13.9. The van der Waals surface area contributed by atoms with Crippen molar-refractivity contribution in [2.75, 3.05) is 26.3 Å². The molecule has 6 aliphatic rings. The largest absolute Gasteiger partial charge is 0.504 e. The molecule has 4 N–H and O–H groups in total. The maximum atomic E-state index is 13.9. The highest BCUT2D eigenvalue weighted by Gasteiger charge is 2.58. The number of fused-ring (bicyclic) bond motifs is 10. The number of carbonyl (C=O) groups is 3. The van der Waals surface area contributed by atoms with Crippen molar-refractivity contribution in [3.63, 3.8) is 0 Å². The molecule has 0 aliphatic carbocycles. The molecule has 2 saturated heterocycles. The van der Waals surface area contributed by atoms with Crippen molar-refractivity contribution in [1.82, 2.24) is 15.5 Å². The van der Waals surface area contributed by atoms with Crippen LogP contribution in [0.5, 0.6) is 28.7 Å². The number of aromatic hydroxyl groups is 1. The molecule has 1 amide bonds. The second-order valence-corrected chi connectivity index (χ2v) is 18.1. The van der Waals surface area contributed by atoms with Gasteiger partial charge in [-0.05, 0) is 37.8 Å². The summed E-state index contributed by atoms with van der Waals surface area (Å²) < 4.78 is 29.9. The Balaban J connectivity index is 1.13. The number of piperazine rings is 1. The number of thioether (sulfide) groups is 1. The molecule has 0 aromatic heterocycles. The van der Waals surface area contributed by atoms with Gasteiger partial charge in [0.15, 0.2) is 23.0 Å². The van der Waals surface area contributed by atoms with Crippen LogP contribution in [-0.4, -0.2) is 83.6 Å². The van der Waals surface area contributed by atoms with Gasteiger partial charge < -0.3 is 44.5 Å². The predicted octanol–water partition coefficient (Wildman–Crippen LogP) is 7.28. The fourth-order valence-electron chi connectivity index (χ4n) is 10.1. The number of esters is 2. The van der Waals surface area contributed by atoms with Gasteiger partial charge in [-0.3, -0.25) is 14.5 Å². The number of unbranched alkanes of at least 4 members (excludes halogenated alkanes) is 12. The number of nitrogens with zero attached hydrogens (tertiary/aromatic N) is 1. The summed E-state index contributed by atoms with van der Waals surface area (Å²) in [6, 6.07) is -1.21. The van der Waals surface area contributed by atoms with Gasteiger partial charge in [0.05, 0.1) is 30.5 Å². The van der Waals surface area contributed by atoms with Gasteiger partial charge in [-0.1, -0.05) is 90.0 Å². The lowest BCUT2D eigenvalue weighted by Gasteiger charge is -2.59. The highest BCUT2D eigenvalue weighted by molar-refractivity contribution is 7.99. The van der Waals surface area contributed by atoms with E-state index in [4.69, 9.17) is 23.7 Å². The van der Waals surface area contributed by atoms with Crippen molar-refractivity contribution in [3.8, 4) is 28.7 Å². The van der Waals surface area contributed by atoms with Crippen molar-refractivity contribution in [1.29, 1.82) is 0 Å². The van der Waals surface area contributed by atoms with Crippen LogP contribution < -0.4 is 29.6 Å². The summed E-state index contributed by atoms with van der Waals surface area (Å²) in [5.74, 6) is 0.475. The number of aryl methyl sites for hydroxylation is 1. The molecule has 0 spiro atoms. The molecule has 13 nitrogen and oxygen atoms in total. The lowest BCUT2D eigenvalue weighted by molar-refractivity contribution is -0.160. The van der Waals surface area contributed by atoms with E-state index in [1.54, 1.807) is 0 Å². The van der Waals surface area contributed by atoms with E-state index in [-0.39, 0.29) is 30.8 Å². The molecule has 2 aromatic carbocycles. The first-order chi connectivity index (χ1) is 28.5. The molecule has 2 fully saturated rings. The summed E-state index contributed by atoms with van der Waals surface area (Å²) in [7, 11) is 1.53. The van der Waals surface area contributed by atoms with Gasteiger partial charge in [0.1, 0.15) is 24.6 Å². The SMILES string of the molecule is CCCCCCCCCCCCCCCC(=O)NC1CS[C@@H]2c3c(OC(C)=O)c(C)c4c(c3[C@H](COC1=O)N1C2[C@H]2N[C@H](Cc3cc(C)c(OC)c(O)c32)[C@@H]1O)OCO4. The van der Waals surface area contributed by atoms with Crippen LogP contribution >= 0.6 is 11.8 Å². The Hall–Kier alpha value is -3.72. The summed E-state index contributed by atoms with van der Waals surface area (Å²) in [6.07, 6.45) is 15.4. The topological polar surface area (TPSA) is 165 Å². The van der Waals surface area contributed by atoms with Crippen LogP contribution in [0.15, 0.2) is 6.07 Å². The van der Waals surface area contributed by atoms with Gasteiger partial charge in [0.25, 0.3) is 0 Å². The lowest BCUT2D eigenvalue weighted by atomic mass is 9.74. The van der Waals surface area contributed by atoms with Crippen molar-refractivity contribution < 1.29 is 48.3 Å². The van der Waals surface area contributed by atoms with Gasteiger partial charge in [-0.15, -0.1) is 11.8 Å². The number of methoxy groups -OCH3 is 1. The summed E-state index contributed by atoms with van der Waals surface area (Å²) >= 11 is 1.41. The number of hydrogen-bond donors (Lipinski definition) is 4. The number of ether oxygens (including phenoxy) is 5. The van der Waals surface area contributed by atoms with Crippen LogP contribution in [0.4, 0.5) is 0 Å². The number of phenolic OH excluding ortho intramolecular Hbond substituents is 1. The summed E-state index contributed by atoms with van der Waals surface area (Å²) in [5, 5.41) is 30.2. The van der Waals surface area contributed by atoms with Crippen molar-refractivity contribution >= 4 is 29.6 Å². The Morgan fingerprint density at radius 3 is 2.25 bits per heavy atom. The molecule has 6 aliphatic heterocycles. The van der Waals surface area contributed by atoms with E-state index in [9.17, 15) is 24.6 Å². The van der Waals surface area contributed by atoms with E-state index in [0.717, 1.165) is 30.4 Å². The first-order valence-corrected chi connectivity index (χ1v) is 22.9. The van der Waals surface area contributed by atoms with E-state index in [2.05, 4.69) is 17.6 Å². The first kappa shape index (κ1) is 43.4. The van der Waals surface area contributed by atoms with E-state index < -0.39 is 53.6 Å². The molecule has 324 valence electrons. The number of rotatable bonds is 17. The number of aliphatic hydroxyl groups excluding tert-OH is 1. The monoisotopic (exact) mass is 837 g/mol. The molecule has 0 radical (unpaired) electrons. The maximum Gasteiger partial charge on any atom is 0.329 e. The summed E-state index contributed by atoms with van der Waals surface area (Å²) in [5.41, 5.74) is 4.24. The van der Waals surface area contributed by atoms with Crippen LogP contribution in [0.3, 0.4) is 0 Å². The highest BCUT2D eigenvalue weighted by Crippen LogP contribution is 2.62. The summed E-state index contributed by atoms with van der Waals surface area (Å²) in [6.45, 7) is 7.06. The Bertz CT molecular complexity index is 1870. The van der Waals surface area contributed by atoms with Gasteiger partial charge in [-0.25, -0.2) is 4.79 Å². The summed E-state index contributed by atoms with van der Waals surface area (Å²) in [4.78, 5) is 42.0. The highest BCUT2D eigenvalue weighted by atomic mass is 32.2. The Morgan fingerprint density at radius 2 is 1.59 bits per heavy atom. The second-order valence-electron chi connectivity index (χ2n) is 16.9. The number of nitrogens with one attached hydrogen (secondary N) is 2. The van der Waals surface area contributed by atoms with E-state index in [1.165, 1.54) is 90.0 Å². The smallest absolute Gasteiger partial charge is 0.329 e. The van der Waals surface area contributed by atoms with Crippen LogP contribution in [-0.2, 0) is 25.5 Å². The number of aliphatic hydroxyl groups is 1. The molecule has 59 heavy (non-hydrogen) atoms. The molecule has 8 rings (SSSR count). The van der Waals surface area contributed by atoms with Crippen LogP contribution in [0, 0.1) is 13.8 Å². The van der Waals surface area contributed by atoms with Gasteiger partial charge in [0, 0.05) is 47.4 Å². The Labute approximate surface area is 352 Å². The standard InChI is InChI=1S/C45H63N3O10S/c1-6-7-8-9-10-11-12-13-14-15-16-17-18-19-32(50)46-30-23-59-43-35-34(42-41(56-24-57-42)26(3)40(35)58-27(4)49)31(22-55-45(30)53)48-37(43)36-33-28(21-29(47-36)44(48)52)20-25(2)39(54-5)38(33)51/h20,29-31,36-37,43-44,47,51-52H,6-19,21-24H2,1-5H3,(H,46,50)/t29-,30?,31+,36+,37?,43-,44+/m1/s1. The minimum absolute atomic E-state index is 0.0276. The average molecular weight is 838 g/mol. The number of benzene rings is 2. The predicted molar refractivity (Wildman–Crippen MR) is 224 cm³/mol. The molecule has 4 bridgehead atoms. The number of amides is 1. The van der Waals surface area contributed by atoms with Gasteiger partial charge >= 0.3 is 11.9 Å². The van der Waals surface area contributed by atoms with Gasteiger partial charge in [0.2, 0.25) is 12.7 Å². The average Bonchev–Trinajstić information content (AvgIpc) is 3.70. The minimum atomic E-state index is -1.04. The fraction of sp³-hybridized carbons (Fsp3) is 0.667. The van der Waals surface area contributed by atoms with Gasteiger partial charge in [-0.2, -0.15) is 0 Å². The third kappa shape index (κ3) is 8.88. The quantitative estimate of drug-likeness (QED) is 0.0715. The van der Waals surface area contributed by atoms with Crippen molar-refractivity contribution in [2.45, 2.75) is 166 Å². The van der Waals surface area contributed by atoms with Crippen molar-refractivity contribution in [2.24, 2.45) is 0 Å². The molecule has 2 aromatic rings. The van der Waals surface area contributed by atoms with Crippen molar-refractivity contribution in [3.05, 3.63) is 39.4 Å². The lowest BCUT2D eigenvalue weighted by Crippen LogP contribution is -2.69. The number of carbonyl (C=O) groups excluding carboxylic acids is 3. The van der Waals surface area contributed by atoms with Crippen LogP contribution in [0.2, 0.25) is 0 Å². The first-order valence-electron chi connectivity index (χ1n) is 21.9. The zero-order valence-corrected chi connectivity index (χ0v) is 36.2. The molecular weight excluding hydrogens is 775 g/mol. The Kier molecular flexibility index (Phi) is 14.2. The van der Waals surface area contributed by atoms with E-state index >= 15 is 0 Å². The number of phenols is 1. The van der Waals surface area contributed by atoms with Crippen LogP contribution in [0.25, 0.3) is 0 Å². The molecular formula is C45H63N3O10S. The molecule has 0 saturated carbocycles. The fourth-order valence-corrected chi connectivity index (χ4v) is 11.6. The molecule has 6 heterocycles. The second kappa shape index (κ2) is 19.3. The van der Waals surface area contributed by atoms with Crippen LogP contribution in [0.1, 0.15) is 154 Å². The number of hydrogen-bond acceptors (Lipinski definition) is 13. The molecule has 2 unspecified atom stereocenters. The zero-order chi connectivity index (χ0) is 41.8. The normalized spacial score (nSPS) is 25.4.